The zero-order chi connectivity index (χ0) is 11.5. The lowest BCUT2D eigenvalue weighted by Crippen LogP contribution is -2.55. The minimum Gasteiger partial charge on any atom is -0.480 e. The van der Waals surface area contributed by atoms with Crippen LogP contribution in [0.25, 0.3) is 0 Å². The average molecular weight is 279 g/mol. The summed E-state index contributed by atoms with van der Waals surface area (Å²) in [6.45, 7) is 1.68. The molecule has 1 aliphatic rings. The fraction of sp³-hybridized carbons (Fsp3) is 0.444. The van der Waals surface area contributed by atoms with Crippen molar-refractivity contribution in [3.63, 3.8) is 0 Å². The standard InChI is InChI=1S/C9H11ClN4O2.ClH/c10-6-3-12-9(13-4-6)14-2-1-11-5-7(14)8(15)16;/h3-4,7,11H,1-2,5H2,(H,15,16);1H. The second-order valence-corrected chi connectivity index (χ2v) is 3.89. The van der Waals surface area contributed by atoms with Gasteiger partial charge in [-0.3, -0.25) is 0 Å². The Bertz CT molecular complexity index is 387. The van der Waals surface area contributed by atoms with Gasteiger partial charge in [-0.05, 0) is 0 Å². The van der Waals surface area contributed by atoms with Crippen molar-refractivity contribution < 1.29 is 9.90 Å². The largest absolute Gasteiger partial charge is 0.480 e. The van der Waals surface area contributed by atoms with Crippen molar-refractivity contribution in [2.45, 2.75) is 6.04 Å². The Labute approximate surface area is 109 Å². The van der Waals surface area contributed by atoms with Crippen molar-refractivity contribution in [3.05, 3.63) is 17.4 Å². The van der Waals surface area contributed by atoms with E-state index in [0.29, 0.717) is 24.1 Å². The van der Waals surface area contributed by atoms with Crippen LogP contribution in [-0.4, -0.2) is 46.7 Å². The fourth-order valence-electron chi connectivity index (χ4n) is 1.62. The van der Waals surface area contributed by atoms with Crippen LogP contribution in [0.1, 0.15) is 0 Å². The third-order valence-electron chi connectivity index (χ3n) is 2.39. The van der Waals surface area contributed by atoms with Crippen molar-refractivity contribution in [3.8, 4) is 0 Å². The molecule has 1 atom stereocenters. The van der Waals surface area contributed by atoms with Gasteiger partial charge in [0.15, 0.2) is 0 Å². The van der Waals surface area contributed by atoms with Gasteiger partial charge in [0, 0.05) is 19.6 Å². The Morgan fingerprint density at radius 3 is 2.76 bits per heavy atom. The number of nitrogens with one attached hydrogen (secondary N) is 1. The van der Waals surface area contributed by atoms with Gasteiger partial charge >= 0.3 is 5.97 Å². The summed E-state index contributed by atoms with van der Waals surface area (Å²) in [6, 6.07) is -0.630. The highest BCUT2D eigenvalue weighted by Crippen LogP contribution is 2.14. The van der Waals surface area contributed by atoms with Crippen molar-refractivity contribution in [1.29, 1.82) is 0 Å². The van der Waals surface area contributed by atoms with E-state index in [0.717, 1.165) is 6.54 Å². The number of aliphatic carboxylic acids is 1. The molecule has 17 heavy (non-hydrogen) atoms. The number of piperazine rings is 1. The van der Waals surface area contributed by atoms with E-state index >= 15 is 0 Å². The molecule has 2 heterocycles. The maximum atomic E-state index is 11.0. The third kappa shape index (κ3) is 3.18. The number of nitrogens with zero attached hydrogens (tertiary/aromatic N) is 3. The molecule has 1 aromatic heterocycles. The summed E-state index contributed by atoms with van der Waals surface area (Å²) >= 11 is 5.68. The van der Waals surface area contributed by atoms with E-state index in [4.69, 9.17) is 16.7 Å². The summed E-state index contributed by atoms with van der Waals surface area (Å²) in [4.78, 5) is 20.8. The normalized spacial score (nSPS) is 19.6. The van der Waals surface area contributed by atoms with Crippen LogP contribution < -0.4 is 10.2 Å². The maximum absolute atomic E-state index is 11.0. The minimum atomic E-state index is -0.884. The van der Waals surface area contributed by atoms with E-state index in [1.54, 1.807) is 4.90 Å². The molecule has 0 aliphatic carbocycles. The molecule has 1 aromatic rings. The number of carboxylic acid groups (broad SMARTS) is 1. The summed E-state index contributed by atoms with van der Waals surface area (Å²) < 4.78 is 0. The SMILES string of the molecule is Cl.O=C(O)C1CNCCN1c1ncc(Cl)cn1. The Morgan fingerprint density at radius 1 is 1.53 bits per heavy atom. The highest BCUT2D eigenvalue weighted by atomic mass is 35.5. The van der Waals surface area contributed by atoms with Gasteiger partial charge < -0.3 is 15.3 Å². The van der Waals surface area contributed by atoms with E-state index in [1.165, 1.54) is 12.4 Å². The number of carbonyl (C=O) groups is 1. The summed E-state index contributed by atoms with van der Waals surface area (Å²) in [7, 11) is 0. The third-order valence-corrected chi connectivity index (χ3v) is 2.59. The molecule has 1 saturated heterocycles. The first-order chi connectivity index (χ1) is 7.68. The Hall–Kier alpha value is -1.11. The Kier molecular flexibility index (Phi) is 4.92. The summed E-state index contributed by atoms with van der Waals surface area (Å²) in [6.07, 6.45) is 2.93. The maximum Gasteiger partial charge on any atom is 0.327 e. The van der Waals surface area contributed by atoms with Crippen LogP contribution >= 0.6 is 24.0 Å². The predicted molar refractivity (Wildman–Crippen MR) is 65.9 cm³/mol. The lowest BCUT2D eigenvalue weighted by atomic mass is 10.2. The number of carboxylic acids is 1. The minimum absolute atomic E-state index is 0. The topological polar surface area (TPSA) is 78.4 Å². The fourth-order valence-corrected chi connectivity index (χ4v) is 1.72. The van der Waals surface area contributed by atoms with E-state index < -0.39 is 12.0 Å². The second-order valence-electron chi connectivity index (χ2n) is 3.45. The molecule has 0 amide bonds. The number of halogens is 2. The molecule has 0 saturated carbocycles. The monoisotopic (exact) mass is 278 g/mol. The molecular weight excluding hydrogens is 267 g/mol. The van der Waals surface area contributed by atoms with Crippen LogP contribution in [0.2, 0.25) is 5.02 Å². The Balaban J connectivity index is 0.00000144. The lowest BCUT2D eigenvalue weighted by molar-refractivity contribution is -0.138. The molecule has 0 aromatic carbocycles. The van der Waals surface area contributed by atoms with Crippen molar-refractivity contribution in [2.75, 3.05) is 24.5 Å². The zero-order valence-corrected chi connectivity index (χ0v) is 10.4. The lowest BCUT2D eigenvalue weighted by Gasteiger charge is -2.33. The molecule has 0 bridgehead atoms. The van der Waals surface area contributed by atoms with E-state index in [1.807, 2.05) is 0 Å². The Morgan fingerprint density at radius 2 is 2.18 bits per heavy atom. The predicted octanol–water partition coefficient (Wildman–Crippen LogP) is 0.415. The van der Waals surface area contributed by atoms with Crippen molar-refractivity contribution in [1.82, 2.24) is 15.3 Å². The number of anilines is 1. The van der Waals surface area contributed by atoms with Gasteiger partial charge in [0.2, 0.25) is 5.95 Å². The number of aromatic nitrogens is 2. The van der Waals surface area contributed by atoms with Crippen LogP contribution in [0.4, 0.5) is 5.95 Å². The van der Waals surface area contributed by atoms with Gasteiger partial charge in [0.25, 0.3) is 0 Å². The van der Waals surface area contributed by atoms with Gasteiger partial charge in [-0.2, -0.15) is 0 Å². The number of hydrogen-bond donors (Lipinski definition) is 2. The summed E-state index contributed by atoms with van der Waals surface area (Å²) in [5.41, 5.74) is 0. The molecular formula is C9H12Cl2N4O2. The van der Waals surface area contributed by atoms with Crippen molar-refractivity contribution >= 4 is 35.9 Å². The first kappa shape index (κ1) is 14.0. The van der Waals surface area contributed by atoms with Crippen LogP contribution in [0.5, 0.6) is 0 Å². The molecule has 6 nitrogen and oxygen atoms in total. The highest BCUT2D eigenvalue weighted by Gasteiger charge is 2.29. The molecule has 1 aliphatic heterocycles. The molecule has 2 N–H and O–H groups in total. The molecule has 2 rings (SSSR count). The number of rotatable bonds is 2. The second kappa shape index (κ2) is 6.00. The summed E-state index contributed by atoms with van der Waals surface area (Å²) in [5, 5.41) is 12.5. The van der Waals surface area contributed by atoms with Gasteiger partial charge in [-0.15, -0.1) is 12.4 Å². The van der Waals surface area contributed by atoms with Crippen LogP contribution in [0.15, 0.2) is 12.4 Å². The van der Waals surface area contributed by atoms with E-state index in [2.05, 4.69) is 15.3 Å². The van der Waals surface area contributed by atoms with Gasteiger partial charge in [0.05, 0.1) is 17.4 Å². The first-order valence-electron chi connectivity index (χ1n) is 4.86. The molecule has 0 spiro atoms. The highest BCUT2D eigenvalue weighted by molar-refractivity contribution is 6.30. The van der Waals surface area contributed by atoms with E-state index in [9.17, 15) is 4.79 Å². The van der Waals surface area contributed by atoms with Crippen LogP contribution in [0.3, 0.4) is 0 Å². The number of hydrogen-bond acceptors (Lipinski definition) is 5. The quantitative estimate of drug-likeness (QED) is 0.816. The summed E-state index contributed by atoms with van der Waals surface area (Å²) in [5.74, 6) is -0.482. The van der Waals surface area contributed by atoms with E-state index in [-0.39, 0.29) is 12.4 Å². The average Bonchev–Trinajstić information content (AvgIpc) is 2.30. The van der Waals surface area contributed by atoms with Crippen molar-refractivity contribution in [2.24, 2.45) is 0 Å². The van der Waals surface area contributed by atoms with Gasteiger partial charge in [-0.1, -0.05) is 11.6 Å². The van der Waals surface area contributed by atoms with Crippen LogP contribution in [-0.2, 0) is 4.79 Å². The smallest absolute Gasteiger partial charge is 0.327 e. The molecule has 94 valence electrons. The molecule has 1 fully saturated rings. The molecule has 0 radical (unpaired) electrons. The zero-order valence-electron chi connectivity index (χ0n) is 8.84. The van der Waals surface area contributed by atoms with Gasteiger partial charge in [0.1, 0.15) is 6.04 Å². The van der Waals surface area contributed by atoms with Crippen LogP contribution in [0, 0.1) is 0 Å². The van der Waals surface area contributed by atoms with Gasteiger partial charge in [-0.25, -0.2) is 14.8 Å². The molecule has 8 heteroatoms. The molecule has 1 unspecified atom stereocenters. The first-order valence-corrected chi connectivity index (χ1v) is 5.24.